The Hall–Kier alpha value is -1.93. The van der Waals surface area contributed by atoms with Crippen molar-refractivity contribution in [1.29, 1.82) is 5.26 Å². The highest BCUT2D eigenvalue weighted by molar-refractivity contribution is 5.78. The number of hydrogen-bond acceptors (Lipinski definition) is 2. The highest BCUT2D eigenvalue weighted by atomic mass is 19.1. The molecular weight excluding hydrogens is 293 g/mol. The van der Waals surface area contributed by atoms with Gasteiger partial charge in [-0.05, 0) is 31.7 Å². The van der Waals surface area contributed by atoms with Gasteiger partial charge in [0.05, 0.1) is 12.1 Å². The first-order valence-corrected chi connectivity index (χ1v) is 8.32. The number of carbonyl (C=O) groups excluding carboxylic acids is 1. The third-order valence-corrected chi connectivity index (χ3v) is 4.94. The quantitative estimate of drug-likeness (QED) is 0.794. The molecule has 2 N–H and O–H groups in total. The first-order valence-electron chi connectivity index (χ1n) is 8.32. The summed E-state index contributed by atoms with van der Waals surface area (Å²) in [4.78, 5) is 13.5. The van der Waals surface area contributed by atoms with Crippen molar-refractivity contribution in [3.05, 3.63) is 35.6 Å². The van der Waals surface area contributed by atoms with Crippen LogP contribution in [-0.4, -0.2) is 24.0 Å². The fourth-order valence-corrected chi connectivity index (χ4v) is 3.15. The third-order valence-electron chi connectivity index (χ3n) is 4.94. The number of halogens is 1. The van der Waals surface area contributed by atoms with Gasteiger partial charge < -0.3 is 10.2 Å². The van der Waals surface area contributed by atoms with Crippen molar-refractivity contribution in [1.82, 2.24) is 5.32 Å². The number of hydrogen-bond donors (Lipinski definition) is 2. The van der Waals surface area contributed by atoms with Crippen LogP contribution >= 0.6 is 0 Å². The van der Waals surface area contributed by atoms with E-state index in [1.165, 1.54) is 6.07 Å². The lowest BCUT2D eigenvalue weighted by Gasteiger charge is -2.25. The van der Waals surface area contributed by atoms with Gasteiger partial charge in [0.25, 0.3) is 5.91 Å². The summed E-state index contributed by atoms with van der Waals surface area (Å²) in [5.74, 6) is -0.0579. The Morgan fingerprint density at radius 2 is 2.09 bits per heavy atom. The number of nitriles is 1. The maximum Gasteiger partial charge on any atom is 0.276 e. The topological polar surface area (TPSA) is 57.3 Å². The molecule has 1 unspecified atom stereocenters. The summed E-state index contributed by atoms with van der Waals surface area (Å²) >= 11 is 0. The van der Waals surface area contributed by atoms with Crippen molar-refractivity contribution in [2.75, 3.05) is 6.54 Å². The average molecular weight is 316 g/mol. The lowest BCUT2D eigenvalue weighted by molar-refractivity contribution is -0.917. The number of benzene rings is 1. The predicted molar refractivity (Wildman–Crippen MR) is 83.8 cm³/mol. The summed E-state index contributed by atoms with van der Waals surface area (Å²) in [6.45, 7) is 2.61. The molecule has 0 saturated heterocycles. The van der Waals surface area contributed by atoms with Crippen LogP contribution in [-0.2, 0) is 11.3 Å². The van der Waals surface area contributed by atoms with E-state index in [1.54, 1.807) is 19.1 Å². The van der Waals surface area contributed by atoms with Crippen LogP contribution in [0, 0.1) is 23.1 Å². The molecule has 2 fully saturated rings. The molecule has 4 nitrogen and oxygen atoms in total. The molecule has 3 rings (SSSR count). The Balaban J connectivity index is 1.62. The molecule has 0 aromatic heterocycles. The van der Waals surface area contributed by atoms with Gasteiger partial charge >= 0.3 is 0 Å². The molecule has 2 atom stereocenters. The fourth-order valence-electron chi connectivity index (χ4n) is 3.15. The average Bonchev–Trinajstić information content (AvgIpc) is 3.41. The van der Waals surface area contributed by atoms with E-state index in [0.717, 1.165) is 30.6 Å². The highest BCUT2D eigenvalue weighted by Crippen LogP contribution is 2.39. The Labute approximate surface area is 136 Å². The Morgan fingerprint density at radius 3 is 2.65 bits per heavy atom. The van der Waals surface area contributed by atoms with Gasteiger partial charge in [-0.1, -0.05) is 18.2 Å². The number of quaternary nitrogens is 1. The number of nitrogens with one attached hydrogen (secondary N) is 2. The van der Waals surface area contributed by atoms with Gasteiger partial charge in [-0.25, -0.2) is 4.39 Å². The zero-order valence-electron chi connectivity index (χ0n) is 13.4. The number of amides is 1. The molecule has 1 amide bonds. The summed E-state index contributed by atoms with van der Waals surface area (Å²) in [7, 11) is 0. The fraction of sp³-hybridized carbons (Fsp3) is 0.556. The van der Waals surface area contributed by atoms with Gasteiger partial charge in [0.1, 0.15) is 17.9 Å². The van der Waals surface area contributed by atoms with Crippen molar-refractivity contribution in [3.63, 3.8) is 0 Å². The smallest absolute Gasteiger partial charge is 0.276 e. The van der Waals surface area contributed by atoms with Gasteiger partial charge in [0, 0.05) is 18.4 Å². The van der Waals surface area contributed by atoms with Crippen molar-refractivity contribution >= 4 is 5.91 Å². The van der Waals surface area contributed by atoms with Crippen LogP contribution in [0.15, 0.2) is 24.3 Å². The van der Waals surface area contributed by atoms with Crippen molar-refractivity contribution in [3.8, 4) is 6.07 Å². The number of nitrogens with zero attached hydrogens (tertiary/aromatic N) is 1. The summed E-state index contributed by atoms with van der Waals surface area (Å²) in [5, 5.41) is 12.3. The maximum absolute atomic E-state index is 13.9. The second kappa shape index (κ2) is 6.29. The van der Waals surface area contributed by atoms with E-state index in [-0.39, 0.29) is 17.6 Å². The van der Waals surface area contributed by atoms with Gasteiger partial charge in [-0.2, -0.15) is 5.26 Å². The third kappa shape index (κ3) is 3.89. The van der Waals surface area contributed by atoms with Crippen LogP contribution in [0.5, 0.6) is 0 Å². The van der Waals surface area contributed by atoms with Crippen LogP contribution in [0.3, 0.4) is 0 Å². The SMILES string of the molecule is C[C@@](C#N)(NC(=O)C[NH+](Cc1ccccc1F)C1CC1)C1CC1. The van der Waals surface area contributed by atoms with E-state index < -0.39 is 5.54 Å². The zero-order valence-corrected chi connectivity index (χ0v) is 13.4. The molecule has 1 aromatic carbocycles. The molecule has 0 heterocycles. The highest BCUT2D eigenvalue weighted by Gasteiger charge is 2.44. The van der Waals surface area contributed by atoms with E-state index in [2.05, 4.69) is 11.4 Å². The standard InChI is InChI=1S/C18H22FN3O/c1-18(12-20,14-6-7-14)21-17(23)11-22(15-8-9-15)10-13-4-2-3-5-16(13)19/h2-5,14-15H,6-11H2,1H3,(H,21,23)/p+1/t18-/m0/s1. The van der Waals surface area contributed by atoms with E-state index in [1.807, 2.05) is 6.07 Å². The minimum absolute atomic E-state index is 0.112. The van der Waals surface area contributed by atoms with Crippen molar-refractivity contribution in [2.24, 2.45) is 5.92 Å². The first kappa shape index (κ1) is 15.9. The molecule has 0 bridgehead atoms. The van der Waals surface area contributed by atoms with Crippen LogP contribution in [0.2, 0.25) is 0 Å². The molecule has 122 valence electrons. The lowest BCUT2D eigenvalue weighted by atomic mass is 9.98. The monoisotopic (exact) mass is 316 g/mol. The molecule has 0 spiro atoms. The number of rotatable bonds is 7. The lowest BCUT2D eigenvalue weighted by Crippen LogP contribution is -3.13. The normalized spacial score (nSPS) is 21.1. The summed E-state index contributed by atoms with van der Waals surface area (Å²) in [6.07, 6.45) is 4.15. The van der Waals surface area contributed by atoms with E-state index >= 15 is 0 Å². The summed E-state index contributed by atoms with van der Waals surface area (Å²) in [5.41, 5.74) is -0.114. The Bertz CT molecular complexity index is 633. The second-order valence-electron chi connectivity index (χ2n) is 7.01. The largest absolute Gasteiger partial charge is 0.333 e. The van der Waals surface area contributed by atoms with Gasteiger partial charge in [-0.15, -0.1) is 0 Å². The second-order valence-corrected chi connectivity index (χ2v) is 7.01. The molecule has 0 radical (unpaired) electrons. The Kier molecular flexibility index (Phi) is 4.36. The minimum atomic E-state index is -0.760. The van der Waals surface area contributed by atoms with Crippen LogP contribution in [0.25, 0.3) is 0 Å². The molecule has 0 aliphatic heterocycles. The Morgan fingerprint density at radius 1 is 1.39 bits per heavy atom. The number of carbonyl (C=O) groups is 1. The minimum Gasteiger partial charge on any atom is -0.333 e. The van der Waals surface area contributed by atoms with Gasteiger partial charge in [0.15, 0.2) is 6.54 Å². The maximum atomic E-state index is 13.9. The van der Waals surface area contributed by atoms with Crippen LogP contribution in [0.4, 0.5) is 4.39 Å². The van der Waals surface area contributed by atoms with Crippen molar-refractivity contribution in [2.45, 2.75) is 50.7 Å². The molecular formula is C18H23FN3O+. The summed E-state index contributed by atoms with van der Waals surface area (Å²) in [6, 6.07) is 9.41. The molecule has 1 aromatic rings. The zero-order chi connectivity index (χ0) is 16.4. The van der Waals surface area contributed by atoms with Crippen molar-refractivity contribution < 1.29 is 14.1 Å². The van der Waals surface area contributed by atoms with E-state index in [0.29, 0.717) is 24.7 Å². The molecule has 23 heavy (non-hydrogen) atoms. The van der Waals surface area contributed by atoms with E-state index in [9.17, 15) is 14.4 Å². The van der Waals surface area contributed by atoms with Crippen LogP contribution < -0.4 is 10.2 Å². The van der Waals surface area contributed by atoms with Gasteiger partial charge in [-0.3, -0.25) is 4.79 Å². The van der Waals surface area contributed by atoms with E-state index in [4.69, 9.17) is 0 Å². The summed E-state index contributed by atoms with van der Waals surface area (Å²) < 4.78 is 13.9. The van der Waals surface area contributed by atoms with Gasteiger partial charge in [0.2, 0.25) is 0 Å². The first-order chi connectivity index (χ1) is 11.0. The van der Waals surface area contributed by atoms with Crippen LogP contribution in [0.1, 0.15) is 38.2 Å². The predicted octanol–water partition coefficient (Wildman–Crippen LogP) is 1.18. The molecule has 5 heteroatoms. The molecule has 2 saturated carbocycles. The molecule has 2 aliphatic rings. The molecule has 2 aliphatic carbocycles.